The first-order chi connectivity index (χ1) is 9.65. The number of likely N-dealkylation sites (N-methyl/N-ethyl adjacent to an activating group) is 1. The third-order valence-electron chi connectivity index (χ3n) is 3.65. The van der Waals surface area contributed by atoms with Crippen LogP contribution in [0.1, 0.15) is 28.5 Å². The Hall–Kier alpha value is -1.16. The van der Waals surface area contributed by atoms with Crippen LogP contribution in [0.2, 0.25) is 0 Å². The molecule has 1 heterocycles. The molecule has 2 nitrogen and oxygen atoms in total. The highest BCUT2D eigenvalue weighted by Crippen LogP contribution is 2.15. The van der Waals surface area contributed by atoms with E-state index in [1.54, 1.807) is 0 Å². The maximum atomic E-state index is 6.26. The summed E-state index contributed by atoms with van der Waals surface area (Å²) in [6.07, 6.45) is 2.14. The van der Waals surface area contributed by atoms with Crippen molar-refractivity contribution < 1.29 is 0 Å². The van der Waals surface area contributed by atoms with E-state index in [4.69, 9.17) is 5.73 Å². The first kappa shape index (κ1) is 15.2. The Morgan fingerprint density at radius 1 is 1.15 bits per heavy atom. The molecule has 0 amide bonds. The van der Waals surface area contributed by atoms with E-state index in [1.807, 2.05) is 11.3 Å². The smallest absolute Gasteiger partial charge is 0.0307 e. The minimum Gasteiger partial charge on any atom is -0.324 e. The van der Waals surface area contributed by atoms with E-state index in [2.05, 4.69) is 60.6 Å². The van der Waals surface area contributed by atoms with Gasteiger partial charge in [0.15, 0.2) is 0 Å². The fraction of sp³-hybridized carbons (Fsp3) is 0.412. The predicted octanol–water partition coefficient (Wildman–Crippen LogP) is 3.62. The van der Waals surface area contributed by atoms with Gasteiger partial charge in [0.2, 0.25) is 0 Å². The summed E-state index contributed by atoms with van der Waals surface area (Å²) >= 11 is 1.84. The minimum atomic E-state index is 0.139. The first-order valence-electron chi connectivity index (χ1n) is 7.18. The van der Waals surface area contributed by atoms with Crippen molar-refractivity contribution in [2.75, 3.05) is 20.1 Å². The molecule has 1 atom stereocenters. The molecule has 1 unspecified atom stereocenters. The van der Waals surface area contributed by atoms with Crippen molar-refractivity contribution in [1.82, 2.24) is 4.90 Å². The number of aryl methyl sites for hydroxylation is 1. The molecule has 3 heteroatoms. The van der Waals surface area contributed by atoms with Crippen LogP contribution in [0.4, 0.5) is 0 Å². The summed E-state index contributed by atoms with van der Waals surface area (Å²) in [6.45, 7) is 4.25. The third-order valence-corrected chi connectivity index (χ3v) is 4.58. The molecule has 0 bridgehead atoms. The van der Waals surface area contributed by atoms with E-state index in [0.29, 0.717) is 0 Å². The van der Waals surface area contributed by atoms with E-state index < -0.39 is 0 Å². The number of nitrogens with two attached hydrogens (primary N) is 1. The monoisotopic (exact) mass is 288 g/mol. The lowest BCUT2D eigenvalue weighted by Crippen LogP contribution is -2.25. The zero-order valence-electron chi connectivity index (χ0n) is 12.4. The molecule has 2 N–H and O–H groups in total. The Bertz CT molecular complexity index is 490. The third kappa shape index (κ3) is 4.75. The lowest BCUT2D eigenvalue weighted by Gasteiger charge is -2.19. The summed E-state index contributed by atoms with van der Waals surface area (Å²) < 4.78 is 0. The molecule has 0 spiro atoms. The molecule has 0 saturated carbocycles. The number of benzene rings is 1. The lowest BCUT2D eigenvalue weighted by molar-refractivity contribution is 0.323. The van der Waals surface area contributed by atoms with E-state index in [-0.39, 0.29) is 6.04 Å². The fourth-order valence-corrected chi connectivity index (χ4v) is 2.91. The zero-order chi connectivity index (χ0) is 14.4. The van der Waals surface area contributed by atoms with Gasteiger partial charge in [-0.05, 0) is 50.4 Å². The van der Waals surface area contributed by atoms with Crippen LogP contribution >= 0.6 is 11.3 Å². The van der Waals surface area contributed by atoms with Crippen molar-refractivity contribution in [2.45, 2.75) is 25.8 Å². The van der Waals surface area contributed by atoms with Crippen molar-refractivity contribution in [3.63, 3.8) is 0 Å². The molecule has 0 radical (unpaired) electrons. The van der Waals surface area contributed by atoms with E-state index >= 15 is 0 Å². The molecule has 0 fully saturated rings. The van der Waals surface area contributed by atoms with Gasteiger partial charge in [-0.1, -0.05) is 35.9 Å². The molecule has 2 aromatic rings. The summed E-state index contributed by atoms with van der Waals surface area (Å²) in [5, 5.41) is 2.14. The number of thiophene rings is 1. The SMILES string of the molecule is Cc1ccc(C(N)CCN(C)CCc2cccs2)cc1. The van der Waals surface area contributed by atoms with Crippen LogP contribution in [0.15, 0.2) is 41.8 Å². The Morgan fingerprint density at radius 3 is 2.55 bits per heavy atom. The van der Waals surface area contributed by atoms with Gasteiger partial charge in [0.05, 0.1) is 0 Å². The van der Waals surface area contributed by atoms with E-state index in [0.717, 1.165) is 25.9 Å². The van der Waals surface area contributed by atoms with Gasteiger partial charge >= 0.3 is 0 Å². The van der Waals surface area contributed by atoms with Crippen LogP contribution in [-0.4, -0.2) is 25.0 Å². The Balaban J connectivity index is 1.72. The topological polar surface area (TPSA) is 29.3 Å². The lowest BCUT2D eigenvalue weighted by atomic mass is 10.0. The predicted molar refractivity (Wildman–Crippen MR) is 88.2 cm³/mol. The summed E-state index contributed by atoms with van der Waals surface area (Å²) in [5.41, 5.74) is 8.78. The molecular formula is C17H24N2S. The normalized spacial score (nSPS) is 12.8. The number of hydrogen-bond donors (Lipinski definition) is 1. The molecule has 1 aromatic carbocycles. The van der Waals surface area contributed by atoms with Crippen molar-refractivity contribution >= 4 is 11.3 Å². The average Bonchev–Trinajstić information content (AvgIpc) is 2.96. The van der Waals surface area contributed by atoms with Gasteiger partial charge in [-0.3, -0.25) is 0 Å². The fourth-order valence-electron chi connectivity index (χ4n) is 2.21. The summed E-state index contributed by atoms with van der Waals surface area (Å²) in [4.78, 5) is 3.83. The van der Waals surface area contributed by atoms with Crippen molar-refractivity contribution in [3.05, 3.63) is 57.8 Å². The average molecular weight is 288 g/mol. The quantitative estimate of drug-likeness (QED) is 0.843. The molecular weight excluding hydrogens is 264 g/mol. The number of hydrogen-bond acceptors (Lipinski definition) is 3. The second-order valence-corrected chi connectivity index (χ2v) is 6.47. The summed E-state index contributed by atoms with van der Waals surface area (Å²) in [7, 11) is 2.18. The van der Waals surface area contributed by atoms with Gasteiger partial charge in [0.1, 0.15) is 0 Å². The summed E-state index contributed by atoms with van der Waals surface area (Å²) in [6, 6.07) is 13.0. The molecule has 0 saturated heterocycles. The second-order valence-electron chi connectivity index (χ2n) is 5.44. The number of nitrogens with zero attached hydrogens (tertiary/aromatic N) is 1. The summed E-state index contributed by atoms with van der Waals surface area (Å²) in [5.74, 6) is 0. The standard InChI is InChI=1S/C17H24N2S/c1-14-5-7-15(8-6-14)17(18)10-12-19(2)11-9-16-4-3-13-20-16/h3-8,13,17H,9-12,18H2,1-2H3. The molecule has 108 valence electrons. The van der Waals surface area contributed by atoms with Gasteiger partial charge < -0.3 is 10.6 Å². The Kier molecular flexibility index (Phi) is 5.77. The largest absolute Gasteiger partial charge is 0.324 e. The van der Waals surface area contributed by atoms with Gasteiger partial charge in [-0.2, -0.15) is 0 Å². The van der Waals surface area contributed by atoms with Gasteiger partial charge in [-0.25, -0.2) is 0 Å². The zero-order valence-corrected chi connectivity index (χ0v) is 13.2. The van der Waals surface area contributed by atoms with Crippen LogP contribution in [0.25, 0.3) is 0 Å². The minimum absolute atomic E-state index is 0.139. The van der Waals surface area contributed by atoms with Crippen LogP contribution in [0.3, 0.4) is 0 Å². The maximum Gasteiger partial charge on any atom is 0.0307 e. The number of rotatable bonds is 7. The molecule has 0 aliphatic heterocycles. The first-order valence-corrected chi connectivity index (χ1v) is 8.06. The van der Waals surface area contributed by atoms with Gasteiger partial charge in [-0.15, -0.1) is 11.3 Å². The van der Waals surface area contributed by atoms with Gasteiger partial charge in [0.25, 0.3) is 0 Å². The van der Waals surface area contributed by atoms with Crippen LogP contribution in [0, 0.1) is 6.92 Å². The second kappa shape index (κ2) is 7.58. The van der Waals surface area contributed by atoms with Crippen LogP contribution in [-0.2, 0) is 6.42 Å². The Morgan fingerprint density at radius 2 is 1.90 bits per heavy atom. The van der Waals surface area contributed by atoms with Crippen molar-refractivity contribution in [1.29, 1.82) is 0 Å². The maximum absolute atomic E-state index is 6.26. The van der Waals surface area contributed by atoms with Gasteiger partial charge in [0, 0.05) is 17.5 Å². The highest BCUT2D eigenvalue weighted by molar-refractivity contribution is 7.09. The molecule has 20 heavy (non-hydrogen) atoms. The van der Waals surface area contributed by atoms with Crippen molar-refractivity contribution in [2.24, 2.45) is 5.73 Å². The molecule has 0 aliphatic rings. The molecule has 2 rings (SSSR count). The molecule has 0 aliphatic carbocycles. The highest BCUT2D eigenvalue weighted by Gasteiger charge is 2.07. The highest BCUT2D eigenvalue weighted by atomic mass is 32.1. The van der Waals surface area contributed by atoms with E-state index in [1.165, 1.54) is 16.0 Å². The van der Waals surface area contributed by atoms with Crippen molar-refractivity contribution in [3.8, 4) is 0 Å². The molecule has 1 aromatic heterocycles. The van der Waals surface area contributed by atoms with Crippen LogP contribution in [0.5, 0.6) is 0 Å². The Labute approximate surface area is 126 Å². The van der Waals surface area contributed by atoms with E-state index in [9.17, 15) is 0 Å². The van der Waals surface area contributed by atoms with Crippen LogP contribution < -0.4 is 5.73 Å².